The minimum atomic E-state index is -2.97. The van der Waals surface area contributed by atoms with Crippen LogP contribution in [0.3, 0.4) is 0 Å². The van der Waals surface area contributed by atoms with Gasteiger partial charge in [-0.2, -0.15) is 8.78 Å². The molecule has 3 aromatic carbocycles. The summed E-state index contributed by atoms with van der Waals surface area (Å²) in [6.07, 6.45) is 0.715. The van der Waals surface area contributed by atoms with Crippen LogP contribution in [-0.2, 0) is 11.2 Å². The highest BCUT2D eigenvalue weighted by molar-refractivity contribution is 5.92. The Balaban J connectivity index is 1.74. The molecule has 33 heavy (non-hydrogen) atoms. The van der Waals surface area contributed by atoms with E-state index >= 15 is 0 Å². The third kappa shape index (κ3) is 6.35. The quantitative estimate of drug-likeness (QED) is 0.432. The van der Waals surface area contributed by atoms with Gasteiger partial charge in [0.1, 0.15) is 11.5 Å². The molecule has 8 heteroatoms. The van der Waals surface area contributed by atoms with Crippen LogP contribution < -0.4 is 24.3 Å². The molecule has 0 aliphatic rings. The second kappa shape index (κ2) is 11.2. The number of hydrogen-bond acceptors (Lipinski definition) is 5. The van der Waals surface area contributed by atoms with E-state index in [4.69, 9.17) is 14.2 Å². The Labute approximate surface area is 191 Å². The van der Waals surface area contributed by atoms with E-state index in [1.54, 1.807) is 57.7 Å². The zero-order chi connectivity index (χ0) is 23.8. The molecule has 6 nitrogen and oxygen atoms in total. The van der Waals surface area contributed by atoms with Crippen LogP contribution in [-0.4, -0.2) is 33.8 Å². The van der Waals surface area contributed by atoms with E-state index in [1.807, 2.05) is 12.1 Å². The summed E-state index contributed by atoms with van der Waals surface area (Å²) in [6.45, 7) is -2.97. The van der Waals surface area contributed by atoms with Crippen LogP contribution in [0.4, 0.5) is 14.5 Å². The van der Waals surface area contributed by atoms with Crippen LogP contribution in [0.2, 0.25) is 0 Å². The highest BCUT2D eigenvalue weighted by Crippen LogP contribution is 2.35. The first kappa shape index (κ1) is 23.8. The smallest absolute Gasteiger partial charge is 0.387 e. The molecule has 0 unspecified atom stereocenters. The third-order valence-electron chi connectivity index (χ3n) is 4.97. The van der Waals surface area contributed by atoms with Crippen LogP contribution in [0.15, 0.2) is 60.7 Å². The Bertz CT molecular complexity index is 1090. The fourth-order valence-corrected chi connectivity index (χ4v) is 3.32. The number of amides is 1. The molecule has 0 aliphatic heterocycles. The lowest BCUT2D eigenvalue weighted by Gasteiger charge is -2.14. The SMILES string of the molecule is COc1ccc(-c2cc(NC(=O)CCc3ccc(OC)c(OC)c3)ccc2OC(F)F)cc1. The summed E-state index contributed by atoms with van der Waals surface area (Å²) in [5.74, 6) is 1.64. The summed E-state index contributed by atoms with van der Waals surface area (Å²) >= 11 is 0. The monoisotopic (exact) mass is 457 g/mol. The number of ether oxygens (including phenoxy) is 4. The Hall–Kier alpha value is -3.81. The predicted molar refractivity (Wildman–Crippen MR) is 122 cm³/mol. The van der Waals surface area contributed by atoms with Gasteiger partial charge in [-0.15, -0.1) is 0 Å². The minimum Gasteiger partial charge on any atom is -0.497 e. The molecule has 0 spiro atoms. The van der Waals surface area contributed by atoms with Crippen LogP contribution in [0.5, 0.6) is 23.0 Å². The van der Waals surface area contributed by atoms with E-state index in [9.17, 15) is 13.6 Å². The van der Waals surface area contributed by atoms with Crippen LogP contribution in [0.1, 0.15) is 12.0 Å². The molecule has 0 saturated carbocycles. The maximum atomic E-state index is 12.9. The molecular weight excluding hydrogens is 432 g/mol. The molecule has 1 amide bonds. The summed E-state index contributed by atoms with van der Waals surface area (Å²) in [4.78, 5) is 12.5. The first-order valence-corrected chi connectivity index (χ1v) is 10.2. The highest BCUT2D eigenvalue weighted by Gasteiger charge is 2.14. The average Bonchev–Trinajstić information content (AvgIpc) is 2.83. The fourth-order valence-electron chi connectivity index (χ4n) is 3.32. The van der Waals surface area contributed by atoms with Crippen molar-refractivity contribution >= 4 is 11.6 Å². The van der Waals surface area contributed by atoms with Gasteiger partial charge in [-0.25, -0.2) is 0 Å². The van der Waals surface area contributed by atoms with Gasteiger partial charge in [-0.1, -0.05) is 18.2 Å². The largest absolute Gasteiger partial charge is 0.497 e. The number of benzene rings is 3. The van der Waals surface area contributed by atoms with Gasteiger partial charge >= 0.3 is 6.61 Å². The van der Waals surface area contributed by atoms with Gasteiger partial charge in [0.15, 0.2) is 11.5 Å². The molecule has 0 bridgehead atoms. The maximum absolute atomic E-state index is 12.9. The Morgan fingerprint density at radius 3 is 2.18 bits per heavy atom. The van der Waals surface area contributed by atoms with E-state index < -0.39 is 6.61 Å². The Morgan fingerprint density at radius 2 is 1.55 bits per heavy atom. The summed E-state index contributed by atoms with van der Waals surface area (Å²) in [5.41, 5.74) is 2.46. The molecule has 0 heterocycles. The number of carbonyl (C=O) groups is 1. The van der Waals surface area contributed by atoms with Crippen molar-refractivity contribution in [2.75, 3.05) is 26.6 Å². The number of aryl methyl sites for hydroxylation is 1. The lowest BCUT2D eigenvalue weighted by molar-refractivity contribution is -0.116. The predicted octanol–water partition coefficient (Wildman–Crippen LogP) is 5.55. The second-order valence-electron chi connectivity index (χ2n) is 7.06. The number of anilines is 1. The van der Waals surface area contributed by atoms with Crippen molar-refractivity contribution in [3.05, 3.63) is 66.2 Å². The van der Waals surface area contributed by atoms with E-state index in [0.717, 1.165) is 5.56 Å². The third-order valence-corrected chi connectivity index (χ3v) is 4.97. The standard InChI is InChI=1S/C25H25F2NO5/c1-30-19-9-6-17(7-10-19)20-15-18(8-12-21(20)33-25(26)27)28-24(29)13-5-16-4-11-22(31-2)23(14-16)32-3/h4,6-12,14-15,25H,5,13H2,1-3H3,(H,28,29). The number of hydrogen-bond donors (Lipinski definition) is 1. The van der Waals surface area contributed by atoms with Gasteiger partial charge in [-0.05, 0) is 60.0 Å². The lowest BCUT2D eigenvalue weighted by Crippen LogP contribution is -2.12. The van der Waals surface area contributed by atoms with Crippen molar-refractivity contribution < 1.29 is 32.5 Å². The first-order valence-electron chi connectivity index (χ1n) is 10.2. The summed E-state index contributed by atoms with van der Waals surface area (Å²) in [7, 11) is 4.65. The van der Waals surface area contributed by atoms with E-state index in [2.05, 4.69) is 10.1 Å². The molecule has 0 radical (unpaired) electrons. The highest BCUT2D eigenvalue weighted by atomic mass is 19.3. The second-order valence-corrected chi connectivity index (χ2v) is 7.06. The molecule has 174 valence electrons. The molecule has 0 saturated heterocycles. The van der Waals surface area contributed by atoms with E-state index in [1.165, 1.54) is 12.1 Å². The lowest BCUT2D eigenvalue weighted by atomic mass is 10.0. The van der Waals surface area contributed by atoms with Gasteiger partial charge in [-0.3, -0.25) is 4.79 Å². The molecule has 0 fully saturated rings. The maximum Gasteiger partial charge on any atom is 0.387 e. The van der Waals surface area contributed by atoms with E-state index in [0.29, 0.717) is 40.5 Å². The minimum absolute atomic E-state index is 0.0125. The van der Waals surface area contributed by atoms with Crippen LogP contribution in [0, 0.1) is 0 Å². The van der Waals surface area contributed by atoms with Crippen molar-refractivity contribution in [1.29, 1.82) is 0 Å². The number of rotatable bonds is 10. The van der Waals surface area contributed by atoms with Gasteiger partial charge in [0.2, 0.25) is 5.91 Å². The van der Waals surface area contributed by atoms with E-state index in [-0.39, 0.29) is 18.1 Å². The molecule has 3 rings (SSSR count). The molecular formula is C25H25F2NO5. The van der Waals surface area contributed by atoms with Crippen molar-refractivity contribution in [1.82, 2.24) is 0 Å². The Kier molecular flexibility index (Phi) is 8.07. The number of halogens is 2. The number of carbonyl (C=O) groups excluding carboxylic acids is 1. The van der Waals surface area contributed by atoms with Crippen LogP contribution in [0.25, 0.3) is 11.1 Å². The number of nitrogens with one attached hydrogen (secondary N) is 1. The molecule has 3 aromatic rings. The van der Waals surface area contributed by atoms with Gasteiger partial charge in [0.25, 0.3) is 0 Å². The number of alkyl halides is 2. The van der Waals surface area contributed by atoms with Crippen molar-refractivity contribution in [3.63, 3.8) is 0 Å². The fraction of sp³-hybridized carbons (Fsp3) is 0.240. The summed E-state index contributed by atoms with van der Waals surface area (Å²) in [6, 6.07) is 16.9. The molecule has 0 atom stereocenters. The topological polar surface area (TPSA) is 66.0 Å². The van der Waals surface area contributed by atoms with Crippen molar-refractivity contribution in [2.45, 2.75) is 19.5 Å². The first-order chi connectivity index (χ1) is 15.9. The van der Waals surface area contributed by atoms with Crippen molar-refractivity contribution in [2.24, 2.45) is 0 Å². The van der Waals surface area contributed by atoms with Gasteiger partial charge in [0, 0.05) is 17.7 Å². The summed E-state index contributed by atoms with van der Waals surface area (Å²) in [5, 5.41) is 2.81. The normalized spacial score (nSPS) is 10.6. The van der Waals surface area contributed by atoms with Gasteiger partial charge in [0.05, 0.1) is 21.3 Å². The summed E-state index contributed by atoms with van der Waals surface area (Å²) < 4.78 is 46.1. The number of methoxy groups -OCH3 is 3. The van der Waals surface area contributed by atoms with Crippen molar-refractivity contribution in [3.8, 4) is 34.1 Å². The van der Waals surface area contributed by atoms with Crippen LogP contribution >= 0.6 is 0 Å². The zero-order valence-electron chi connectivity index (χ0n) is 18.6. The molecule has 1 N–H and O–H groups in total. The van der Waals surface area contributed by atoms with Gasteiger partial charge < -0.3 is 24.3 Å². The zero-order valence-corrected chi connectivity index (χ0v) is 18.6. The molecule has 0 aromatic heterocycles. The average molecular weight is 457 g/mol. The molecule has 0 aliphatic carbocycles. The Morgan fingerprint density at radius 1 is 0.848 bits per heavy atom.